The lowest BCUT2D eigenvalue weighted by Crippen LogP contribution is -2.24. The molecule has 0 radical (unpaired) electrons. The van der Waals surface area contributed by atoms with Gasteiger partial charge in [0.1, 0.15) is 0 Å². The van der Waals surface area contributed by atoms with Crippen LogP contribution in [-0.4, -0.2) is 20.1 Å². The first-order chi connectivity index (χ1) is 9.94. The average molecular weight is 323 g/mol. The van der Waals surface area contributed by atoms with Crippen molar-refractivity contribution in [3.63, 3.8) is 0 Å². The predicted octanol–water partition coefficient (Wildman–Crippen LogP) is 2.78. The summed E-state index contributed by atoms with van der Waals surface area (Å²) >= 11 is 1.61. The molecule has 1 amide bonds. The van der Waals surface area contributed by atoms with Crippen LogP contribution in [0.3, 0.4) is 0 Å². The zero-order valence-corrected chi connectivity index (χ0v) is 13.6. The molecule has 1 aromatic heterocycles. The Morgan fingerprint density at radius 1 is 1.19 bits per heavy atom. The Labute approximate surface area is 128 Å². The van der Waals surface area contributed by atoms with Crippen molar-refractivity contribution >= 4 is 27.1 Å². The fourth-order valence-electron chi connectivity index (χ4n) is 1.92. The first-order valence-corrected chi connectivity index (χ1v) is 9.06. The van der Waals surface area contributed by atoms with E-state index in [0.29, 0.717) is 6.54 Å². The van der Waals surface area contributed by atoms with E-state index in [1.54, 1.807) is 30.4 Å². The Hall–Kier alpha value is -1.66. The van der Waals surface area contributed by atoms with Gasteiger partial charge < -0.3 is 5.32 Å². The molecule has 1 heterocycles. The van der Waals surface area contributed by atoms with E-state index in [2.05, 4.69) is 5.32 Å². The van der Waals surface area contributed by atoms with Crippen LogP contribution in [0, 0.1) is 6.92 Å². The van der Waals surface area contributed by atoms with Gasteiger partial charge in [-0.05, 0) is 31.2 Å². The van der Waals surface area contributed by atoms with Crippen molar-refractivity contribution in [2.75, 3.05) is 5.75 Å². The number of rotatable bonds is 5. The minimum Gasteiger partial charge on any atom is -0.347 e. The summed E-state index contributed by atoms with van der Waals surface area (Å²) in [7, 11) is -3.41. The van der Waals surface area contributed by atoms with Crippen molar-refractivity contribution in [2.24, 2.45) is 0 Å². The monoisotopic (exact) mass is 323 g/mol. The normalized spacial score (nSPS) is 11.3. The van der Waals surface area contributed by atoms with Gasteiger partial charge in [-0.1, -0.05) is 19.1 Å². The van der Waals surface area contributed by atoms with E-state index in [9.17, 15) is 13.2 Å². The van der Waals surface area contributed by atoms with Gasteiger partial charge in [0.2, 0.25) is 0 Å². The third kappa shape index (κ3) is 3.71. The van der Waals surface area contributed by atoms with Crippen LogP contribution >= 0.6 is 11.3 Å². The molecule has 0 saturated carbocycles. The first-order valence-electron chi connectivity index (χ1n) is 6.59. The smallest absolute Gasteiger partial charge is 0.252 e. The van der Waals surface area contributed by atoms with Gasteiger partial charge in [0.15, 0.2) is 9.84 Å². The quantitative estimate of drug-likeness (QED) is 0.920. The van der Waals surface area contributed by atoms with E-state index in [4.69, 9.17) is 0 Å². The summed E-state index contributed by atoms with van der Waals surface area (Å²) in [5.74, 6) is -0.393. The third-order valence-electron chi connectivity index (χ3n) is 3.07. The van der Waals surface area contributed by atoms with Crippen molar-refractivity contribution < 1.29 is 13.2 Å². The second-order valence-corrected chi connectivity index (χ2v) is 8.21. The Morgan fingerprint density at radius 3 is 2.52 bits per heavy atom. The largest absolute Gasteiger partial charge is 0.347 e. The number of carbonyl (C=O) groups is 1. The van der Waals surface area contributed by atoms with Gasteiger partial charge in [-0.15, -0.1) is 11.3 Å². The number of hydrogen-bond acceptors (Lipinski definition) is 4. The van der Waals surface area contributed by atoms with Crippen LogP contribution in [0.5, 0.6) is 0 Å². The number of sulfone groups is 1. The number of hydrogen-bond donors (Lipinski definition) is 1. The van der Waals surface area contributed by atoms with Gasteiger partial charge in [0.25, 0.3) is 5.91 Å². The third-order valence-corrected chi connectivity index (χ3v) is 5.85. The fourth-order valence-corrected chi connectivity index (χ4v) is 3.85. The van der Waals surface area contributed by atoms with Crippen molar-refractivity contribution in [2.45, 2.75) is 25.3 Å². The predicted molar refractivity (Wildman–Crippen MR) is 84.4 cm³/mol. The molecule has 0 fully saturated rings. The molecular weight excluding hydrogens is 306 g/mol. The van der Waals surface area contributed by atoms with E-state index in [-0.39, 0.29) is 22.1 Å². The average Bonchev–Trinajstić information content (AvgIpc) is 2.90. The van der Waals surface area contributed by atoms with E-state index in [1.807, 2.05) is 19.1 Å². The molecule has 0 saturated heterocycles. The van der Waals surface area contributed by atoms with Crippen LogP contribution in [0.4, 0.5) is 0 Å². The molecule has 0 bridgehead atoms. The molecule has 0 atom stereocenters. The van der Waals surface area contributed by atoms with Crippen molar-refractivity contribution in [3.05, 3.63) is 51.7 Å². The molecule has 21 heavy (non-hydrogen) atoms. The molecule has 0 aliphatic rings. The maximum Gasteiger partial charge on any atom is 0.252 e. The summed E-state index contributed by atoms with van der Waals surface area (Å²) in [6.45, 7) is 3.97. The topological polar surface area (TPSA) is 63.2 Å². The number of nitrogens with one attached hydrogen (secondary N) is 1. The SMILES string of the molecule is CCS(=O)(=O)c1ccccc1C(=O)NCc1ccc(C)s1. The lowest BCUT2D eigenvalue weighted by Gasteiger charge is -2.09. The molecule has 0 spiro atoms. The number of amides is 1. The first kappa shape index (κ1) is 15.7. The Kier molecular flexibility index (Phi) is 4.80. The molecule has 1 N–H and O–H groups in total. The van der Waals surface area contributed by atoms with Crippen LogP contribution in [0.2, 0.25) is 0 Å². The summed E-state index contributed by atoms with van der Waals surface area (Å²) in [6.07, 6.45) is 0. The van der Waals surface area contributed by atoms with E-state index >= 15 is 0 Å². The summed E-state index contributed by atoms with van der Waals surface area (Å²) in [6, 6.07) is 10.2. The van der Waals surface area contributed by atoms with Crippen molar-refractivity contribution in [3.8, 4) is 0 Å². The van der Waals surface area contributed by atoms with Gasteiger partial charge in [0.05, 0.1) is 22.8 Å². The van der Waals surface area contributed by atoms with Gasteiger partial charge in [0, 0.05) is 9.75 Å². The molecule has 0 aliphatic carbocycles. The molecular formula is C15H17NO3S2. The zero-order chi connectivity index (χ0) is 15.5. The molecule has 6 heteroatoms. The van der Waals surface area contributed by atoms with E-state index in [1.165, 1.54) is 17.0 Å². The second kappa shape index (κ2) is 6.41. The lowest BCUT2D eigenvalue weighted by molar-refractivity contribution is 0.0948. The maximum absolute atomic E-state index is 12.2. The highest BCUT2D eigenvalue weighted by molar-refractivity contribution is 7.91. The summed E-state index contributed by atoms with van der Waals surface area (Å²) in [5.41, 5.74) is 0.202. The summed E-state index contributed by atoms with van der Waals surface area (Å²) in [5, 5.41) is 2.77. The molecule has 4 nitrogen and oxygen atoms in total. The lowest BCUT2D eigenvalue weighted by atomic mass is 10.2. The second-order valence-electron chi connectivity index (χ2n) is 4.59. The Morgan fingerprint density at radius 2 is 1.90 bits per heavy atom. The van der Waals surface area contributed by atoms with Gasteiger partial charge in [-0.3, -0.25) is 4.79 Å². The molecule has 1 aromatic carbocycles. The number of aryl methyl sites for hydroxylation is 1. The van der Waals surface area contributed by atoms with Gasteiger partial charge >= 0.3 is 0 Å². The van der Waals surface area contributed by atoms with Gasteiger partial charge in [-0.25, -0.2) is 8.42 Å². The molecule has 2 aromatic rings. The Bertz CT molecular complexity index is 748. The zero-order valence-electron chi connectivity index (χ0n) is 11.9. The molecule has 0 aliphatic heterocycles. The fraction of sp³-hybridized carbons (Fsp3) is 0.267. The number of carbonyl (C=O) groups excluding carboxylic acids is 1. The summed E-state index contributed by atoms with van der Waals surface area (Å²) < 4.78 is 24.1. The van der Waals surface area contributed by atoms with E-state index < -0.39 is 9.84 Å². The number of thiophene rings is 1. The Balaban J connectivity index is 2.20. The maximum atomic E-state index is 12.2. The highest BCUT2D eigenvalue weighted by atomic mass is 32.2. The molecule has 0 unspecified atom stereocenters. The van der Waals surface area contributed by atoms with Crippen LogP contribution < -0.4 is 5.32 Å². The highest BCUT2D eigenvalue weighted by Gasteiger charge is 2.20. The van der Waals surface area contributed by atoms with Crippen LogP contribution in [0.15, 0.2) is 41.3 Å². The number of benzene rings is 1. The standard InChI is InChI=1S/C15H17NO3S2/c1-3-21(18,19)14-7-5-4-6-13(14)15(17)16-10-12-9-8-11(2)20-12/h4-9H,3,10H2,1-2H3,(H,16,17). The van der Waals surface area contributed by atoms with Crippen molar-refractivity contribution in [1.29, 1.82) is 0 Å². The van der Waals surface area contributed by atoms with E-state index in [0.717, 1.165) is 4.88 Å². The highest BCUT2D eigenvalue weighted by Crippen LogP contribution is 2.18. The van der Waals surface area contributed by atoms with Crippen LogP contribution in [-0.2, 0) is 16.4 Å². The summed E-state index contributed by atoms with van der Waals surface area (Å²) in [4.78, 5) is 14.5. The minimum absolute atomic E-state index is 0.0264. The van der Waals surface area contributed by atoms with Crippen LogP contribution in [0.25, 0.3) is 0 Å². The minimum atomic E-state index is -3.41. The molecule has 112 valence electrons. The van der Waals surface area contributed by atoms with Crippen LogP contribution in [0.1, 0.15) is 27.0 Å². The van der Waals surface area contributed by atoms with Gasteiger partial charge in [-0.2, -0.15) is 0 Å². The van der Waals surface area contributed by atoms with Crippen molar-refractivity contribution in [1.82, 2.24) is 5.32 Å². The molecule has 2 rings (SSSR count).